The predicted octanol–water partition coefficient (Wildman–Crippen LogP) is 7.15. The van der Waals surface area contributed by atoms with Crippen LogP contribution >= 0.6 is 22.7 Å². The molecule has 4 amide bonds. The number of nitrogens with one attached hydrogen (secondary N) is 1. The zero-order chi connectivity index (χ0) is 34.5. The number of benzene rings is 2. The van der Waals surface area contributed by atoms with Gasteiger partial charge < -0.3 is 24.8 Å². The minimum atomic E-state index is -0.741. The van der Waals surface area contributed by atoms with Gasteiger partial charge in [-0.05, 0) is 23.5 Å². The van der Waals surface area contributed by atoms with Crippen molar-refractivity contribution in [2.75, 3.05) is 20.1 Å². The van der Waals surface area contributed by atoms with E-state index < -0.39 is 12.1 Å². The van der Waals surface area contributed by atoms with E-state index in [2.05, 4.69) is 29.1 Å². The molecule has 0 aliphatic heterocycles. The molecule has 0 spiro atoms. The Morgan fingerprint density at radius 2 is 1.48 bits per heavy atom. The van der Waals surface area contributed by atoms with Crippen molar-refractivity contribution in [1.82, 2.24) is 30.0 Å². The van der Waals surface area contributed by atoms with Crippen LogP contribution in [0.15, 0.2) is 77.8 Å². The fraction of sp³-hybridized carbons (Fsp3) is 0.417. The number of ether oxygens (including phenoxy) is 1. The fourth-order valence-electron chi connectivity index (χ4n) is 5.03. The van der Waals surface area contributed by atoms with Gasteiger partial charge in [-0.3, -0.25) is 9.78 Å². The van der Waals surface area contributed by atoms with Crippen LogP contribution in [0.25, 0.3) is 0 Å². The summed E-state index contributed by atoms with van der Waals surface area (Å²) in [6, 6.07) is 18.5. The van der Waals surface area contributed by atoms with Crippen molar-refractivity contribution in [3.63, 3.8) is 0 Å². The normalized spacial score (nSPS) is 11.7. The number of aromatic nitrogens is 2. The summed E-state index contributed by atoms with van der Waals surface area (Å²) in [5.41, 5.74) is 4.49. The summed E-state index contributed by atoms with van der Waals surface area (Å²) in [4.78, 5) is 55.4. The first-order valence-corrected chi connectivity index (χ1v) is 18.0. The molecule has 2 aromatic carbocycles. The highest BCUT2D eigenvalue weighted by Crippen LogP contribution is 2.20. The molecule has 1 atom stereocenters. The highest BCUT2D eigenvalue weighted by atomic mass is 32.1. The first kappa shape index (κ1) is 36.5. The van der Waals surface area contributed by atoms with Gasteiger partial charge >= 0.3 is 12.1 Å². The van der Waals surface area contributed by atoms with Crippen LogP contribution in [0.5, 0.6) is 0 Å². The third-order valence-electron chi connectivity index (χ3n) is 7.70. The maximum atomic E-state index is 14.2. The van der Waals surface area contributed by atoms with Crippen molar-refractivity contribution < 1.29 is 19.1 Å². The van der Waals surface area contributed by atoms with Crippen LogP contribution in [0, 0.1) is 5.92 Å². The molecule has 1 unspecified atom stereocenters. The Bertz CT molecular complexity index is 1560. The molecular formula is C36H46N6O4S2. The van der Waals surface area contributed by atoms with E-state index in [4.69, 9.17) is 4.74 Å². The third-order valence-corrected chi connectivity index (χ3v) is 9.65. The van der Waals surface area contributed by atoms with Crippen molar-refractivity contribution >= 4 is 40.7 Å². The van der Waals surface area contributed by atoms with Crippen molar-refractivity contribution in [3.8, 4) is 0 Å². The lowest BCUT2D eigenvalue weighted by atomic mass is 10.0. The van der Waals surface area contributed by atoms with Gasteiger partial charge in [-0.1, -0.05) is 88.4 Å². The van der Waals surface area contributed by atoms with Crippen molar-refractivity contribution in [3.05, 3.63) is 104 Å². The van der Waals surface area contributed by atoms with E-state index >= 15 is 0 Å². The average Bonchev–Trinajstić information content (AvgIpc) is 3.78. The molecule has 0 radical (unpaired) electrons. The quantitative estimate of drug-likeness (QED) is 0.134. The molecule has 0 saturated heterocycles. The number of carbonyl (C=O) groups is 3. The zero-order valence-electron chi connectivity index (χ0n) is 28.4. The molecule has 0 aliphatic carbocycles. The largest absolute Gasteiger partial charge is 0.444 e. The third kappa shape index (κ3) is 11.2. The second kappa shape index (κ2) is 18.3. The van der Waals surface area contributed by atoms with Crippen LogP contribution < -0.4 is 5.32 Å². The highest BCUT2D eigenvalue weighted by molar-refractivity contribution is 7.09. The molecule has 0 fully saturated rings. The summed E-state index contributed by atoms with van der Waals surface area (Å²) >= 11 is 3.02. The summed E-state index contributed by atoms with van der Waals surface area (Å²) in [5.74, 6) is -0.00811. The zero-order valence-corrected chi connectivity index (χ0v) is 30.0. The van der Waals surface area contributed by atoms with E-state index in [0.29, 0.717) is 45.1 Å². The first-order chi connectivity index (χ1) is 23.1. The van der Waals surface area contributed by atoms with Crippen LogP contribution in [0.4, 0.5) is 9.59 Å². The Kier molecular flexibility index (Phi) is 13.9. The molecule has 48 heavy (non-hydrogen) atoms. The molecule has 4 rings (SSSR count). The highest BCUT2D eigenvalue weighted by Gasteiger charge is 2.30. The predicted molar refractivity (Wildman–Crippen MR) is 190 cm³/mol. The SMILES string of the molecule is CC(C)c1nc(CN(C)C(=O)NC(C(=O)N(CCCN(Cc2ccccc2)C(=O)OCc2cncs2)Cc2ccccc2)C(C)C)cs1. The maximum Gasteiger partial charge on any atom is 0.410 e. The minimum absolute atomic E-state index is 0.152. The number of amides is 4. The van der Waals surface area contributed by atoms with Crippen molar-refractivity contribution in [1.29, 1.82) is 0 Å². The summed E-state index contributed by atoms with van der Waals surface area (Å²) in [6.07, 6.45) is 1.78. The molecule has 1 N–H and O–H groups in total. The fourth-order valence-corrected chi connectivity index (χ4v) is 6.36. The molecule has 256 valence electrons. The number of urea groups is 1. The van der Waals surface area contributed by atoms with Gasteiger partial charge in [0.15, 0.2) is 0 Å². The minimum Gasteiger partial charge on any atom is -0.444 e. The van der Waals surface area contributed by atoms with Gasteiger partial charge in [0, 0.05) is 50.7 Å². The van der Waals surface area contributed by atoms with E-state index in [1.54, 1.807) is 44.8 Å². The molecule has 4 aromatic rings. The van der Waals surface area contributed by atoms with Gasteiger partial charge in [0.05, 0.1) is 27.6 Å². The lowest BCUT2D eigenvalue weighted by molar-refractivity contribution is -0.135. The summed E-state index contributed by atoms with van der Waals surface area (Å²) in [5, 5.41) is 6.00. The molecular weight excluding hydrogens is 645 g/mol. The van der Waals surface area contributed by atoms with Gasteiger partial charge in [0.2, 0.25) is 5.91 Å². The smallest absolute Gasteiger partial charge is 0.410 e. The van der Waals surface area contributed by atoms with Crippen LogP contribution in [-0.4, -0.2) is 68.9 Å². The lowest BCUT2D eigenvalue weighted by Crippen LogP contribution is -2.54. The van der Waals surface area contributed by atoms with E-state index in [0.717, 1.165) is 26.7 Å². The number of carbonyl (C=O) groups excluding carboxylic acids is 3. The van der Waals surface area contributed by atoms with Crippen LogP contribution in [0.2, 0.25) is 0 Å². The molecule has 10 nitrogen and oxygen atoms in total. The number of thiazole rings is 2. The van der Waals surface area contributed by atoms with Gasteiger partial charge in [-0.2, -0.15) is 0 Å². The topological polar surface area (TPSA) is 108 Å². The van der Waals surface area contributed by atoms with Crippen molar-refractivity contribution in [2.24, 2.45) is 5.92 Å². The number of hydrogen-bond donors (Lipinski definition) is 1. The van der Waals surface area contributed by atoms with E-state index in [9.17, 15) is 14.4 Å². The lowest BCUT2D eigenvalue weighted by Gasteiger charge is -2.32. The van der Waals surface area contributed by atoms with Crippen molar-refractivity contribution in [2.45, 2.75) is 72.3 Å². The van der Waals surface area contributed by atoms with Crippen LogP contribution in [-0.2, 0) is 35.8 Å². The second-order valence-corrected chi connectivity index (χ2v) is 14.2. The Labute approximate surface area is 291 Å². The van der Waals surface area contributed by atoms with E-state index in [1.165, 1.54) is 11.3 Å². The Morgan fingerprint density at radius 1 is 0.854 bits per heavy atom. The molecule has 12 heteroatoms. The van der Waals surface area contributed by atoms with Crippen LogP contribution in [0.1, 0.15) is 66.7 Å². The van der Waals surface area contributed by atoms with Crippen LogP contribution in [0.3, 0.4) is 0 Å². The first-order valence-electron chi connectivity index (χ1n) is 16.2. The number of hydrogen-bond acceptors (Lipinski definition) is 8. The second-order valence-electron chi connectivity index (χ2n) is 12.4. The molecule has 0 bridgehead atoms. The molecule has 2 heterocycles. The van der Waals surface area contributed by atoms with Gasteiger partial charge in [-0.25, -0.2) is 14.6 Å². The maximum absolute atomic E-state index is 14.2. The Morgan fingerprint density at radius 3 is 2.04 bits per heavy atom. The number of nitrogens with zero attached hydrogens (tertiary/aromatic N) is 5. The summed E-state index contributed by atoms with van der Waals surface area (Å²) in [6.45, 7) is 10.1. The monoisotopic (exact) mass is 690 g/mol. The van der Waals surface area contributed by atoms with Gasteiger partial charge in [0.25, 0.3) is 0 Å². The Balaban J connectivity index is 1.44. The molecule has 0 saturated carbocycles. The van der Waals surface area contributed by atoms with Gasteiger partial charge in [0.1, 0.15) is 12.6 Å². The standard InChI is InChI=1S/C36H46N6O4S2/c1-26(2)32(39-35(44)40(5)22-30-24-47-33(38-30)27(3)4)34(43)41(20-28-13-8-6-9-14-28)17-12-18-42(21-29-15-10-7-11-16-29)36(45)46-23-31-19-37-25-48-31/h6-11,13-16,19,24-27,32H,12,17-18,20-23H2,1-5H3,(H,39,44). The van der Waals surface area contributed by atoms with Gasteiger partial charge in [-0.15, -0.1) is 22.7 Å². The molecule has 0 aliphatic rings. The summed E-state index contributed by atoms with van der Waals surface area (Å²) < 4.78 is 5.63. The molecule has 2 aromatic heterocycles. The Hall–Kier alpha value is -4.29. The van der Waals surface area contributed by atoms with E-state index in [1.807, 2.05) is 79.9 Å². The number of rotatable bonds is 16. The summed E-state index contributed by atoms with van der Waals surface area (Å²) in [7, 11) is 1.71. The van der Waals surface area contributed by atoms with E-state index in [-0.39, 0.29) is 24.5 Å². The average molecular weight is 691 g/mol.